The van der Waals surface area contributed by atoms with Crippen LogP contribution < -0.4 is 0 Å². The van der Waals surface area contributed by atoms with Gasteiger partial charge in [0.1, 0.15) is 11.8 Å². The lowest BCUT2D eigenvalue weighted by molar-refractivity contribution is -0.387. The second-order valence-corrected chi connectivity index (χ2v) is 3.68. The second-order valence-electron chi connectivity index (χ2n) is 3.68. The molecule has 0 unspecified atom stereocenters. The van der Waals surface area contributed by atoms with Crippen molar-refractivity contribution in [3.8, 4) is 6.07 Å². The number of aromatic nitrogens is 1. The summed E-state index contributed by atoms with van der Waals surface area (Å²) in [7, 11) is 0. The molecule has 0 aliphatic heterocycles. The lowest BCUT2D eigenvalue weighted by Crippen LogP contribution is -2.02. The van der Waals surface area contributed by atoms with Crippen molar-refractivity contribution in [2.45, 2.75) is 6.54 Å². The molecular formula is C12H8FN3O2. The molecule has 0 N–H and O–H groups in total. The van der Waals surface area contributed by atoms with Gasteiger partial charge in [0.25, 0.3) is 0 Å². The van der Waals surface area contributed by atoms with Crippen LogP contribution in [0.15, 0.2) is 36.5 Å². The number of nitro groups is 1. The van der Waals surface area contributed by atoms with Crippen LogP contribution in [-0.2, 0) is 6.54 Å². The molecule has 1 heterocycles. The number of benzene rings is 1. The van der Waals surface area contributed by atoms with Crippen LogP contribution in [0.2, 0.25) is 0 Å². The maximum absolute atomic E-state index is 13.4. The summed E-state index contributed by atoms with van der Waals surface area (Å²) in [5.41, 5.74) is 0.464. The molecule has 0 atom stereocenters. The molecule has 0 saturated heterocycles. The van der Waals surface area contributed by atoms with Crippen molar-refractivity contribution in [2.75, 3.05) is 0 Å². The average Bonchev–Trinajstić information content (AvgIpc) is 2.76. The number of halogens is 1. The third kappa shape index (κ3) is 2.20. The zero-order valence-corrected chi connectivity index (χ0v) is 9.21. The summed E-state index contributed by atoms with van der Waals surface area (Å²) >= 11 is 0. The summed E-state index contributed by atoms with van der Waals surface area (Å²) < 4.78 is 15.0. The van der Waals surface area contributed by atoms with E-state index in [1.165, 1.54) is 6.07 Å². The predicted octanol–water partition coefficient (Wildman–Crippen LogP) is 2.46. The molecule has 18 heavy (non-hydrogen) atoms. The summed E-state index contributed by atoms with van der Waals surface area (Å²) in [6.07, 6.45) is 1.69. The maximum Gasteiger partial charge on any atom is 0.304 e. The quantitative estimate of drug-likeness (QED) is 0.615. The Bertz CT molecular complexity index is 643. The molecule has 0 radical (unpaired) electrons. The van der Waals surface area contributed by atoms with Crippen molar-refractivity contribution >= 4 is 5.69 Å². The van der Waals surface area contributed by atoms with E-state index in [0.717, 1.165) is 12.1 Å². The zero-order valence-electron chi connectivity index (χ0n) is 9.21. The van der Waals surface area contributed by atoms with Crippen molar-refractivity contribution in [1.29, 1.82) is 5.26 Å². The van der Waals surface area contributed by atoms with Crippen LogP contribution in [-0.4, -0.2) is 9.49 Å². The first-order chi connectivity index (χ1) is 8.61. The summed E-state index contributed by atoms with van der Waals surface area (Å²) in [6.45, 7) is 0.296. The molecule has 0 saturated carbocycles. The predicted molar refractivity (Wildman–Crippen MR) is 61.3 cm³/mol. The Morgan fingerprint density at radius 1 is 1.44 bits per heavy atom. The van der Waals surface area contributed by atoms with Crippen LogP contribution >= 0.6 is 0 Å². The smallest absolute Gasteiger partial charge is 0.304 e. The topological polar surface area (TPSA) is 71.9 Å². The first-order valence-corrected chi connectivity index (χ1v) is 5.10. The van der Waals surface area contributed by atoms with Gasteiger partial charge in [-0.25, -0.2) is 0 Å². The Hall–Kier alpha value is -2.68. The summed E-state index contributed by atoms with van der Waals surface area (Å²) in [5, 5.41) is 19.3. The molecule has 0 bridgehead atoms. The first-order valence-electron chi connectivity index (χ1n) is 5.10. The van der Waals surface area contributed by atoms with E-state index in [1.807, 2.05) is 6.07 Å². The van der Waals surface area contributed by atoms with Gasteiger partial charge in [-0.1, -0.05) is 6.07 Å². The van der Waals surface area contributed by atoms with E-state index in [0.29, 0.717) is 17.8 Å². The molecule has 2 rings (SSSR count). The highest BCUT2D eigenvalue weighted by Gasteiger charge is 2.14. The lowest BCUT2D eigenvalue weighted by atomic mass is 10.2. The van der Waals surface area contributed by atoms with Crippen molar-refractivity contribution < 1.29 is 9.31 Å². The number of nitro benzene ring substituents is 1. The standard InChI is InChI=1S/C12H8FN3O2/c13-11-6-9(3-4-12(11)16(17)18)8-15-5-1-2-10(15)7-14/h1-6H,8H2. The van der Waals surface area contributed by atoms with E-state index in [-0.39, 0.29) is 0 Å². The van der Waals surface area contributed by atoms with Gasteiger partial charge in [0, 0.05) is 18.8 Å². The molecule has 0 amide bonds. The minimum atomic E-state index is -0.872. The Kier molecular flexibility index (Phi) is 3.06. The van der Waals surface area contributed by atoms with Gasteiger partial charge >= 0.3 is 5.69 Å². The van der Waals surface area contributed by atoms with Gasteiger partial charge in [0.05, 0.1) is 4.92 Å². The molecule has 6 heteroatoms. The van der Waals surface area contributed by atoms with Gasteiger partial charge in [-0.05, 0) is 23.8 Å². The summed E-state index contributed by atoms with van der Waals surface area (Å²) in [6, 6.07) is 9.06. The van der Waals surface area contributed by atoms with E-state index in [1.54, 1.807) is 22.9 Å². The van der Waals surface area contributed by atoms with Crippen molar-refractivity contribution in [2.24, 2.45) is 0 Å². The van der Waals surface area contributed by atoms with Crippen molar-refractivity contribution in [1.82, 2.24) is 4.57 Å². The molecular weight excluding hydrogens is 237 g/mol. The van der Waals surface area contributed by atoms with Crippen molar-refractivity contribution in [3.63, 3.8) is 0 Å². The van der Waals surface area contributed by atoms with Crippen LogP contribution in [0.3, 0.4) is 0 Å². The van der Waals surface area contributed by atoms with E-state index in [9.17, 15) is 14.5 Å². The molecule has 1 aromatic heterocycles. The molecule has 0 aliphatic carbocycles. The highest BCUT2D eigenvalue weighted by atomic mass is 19.1. The molecule has 5 nitrogen and oxygen atoms in total. The zero-order chi connectivity index (χ0) is 13.1. The first kappa shape index (κ1) is 11.8. The Labute approximate surface area is 102 Å². The van der Waals surface area contributed by atoms with Gasteiger partial charge in [-0.15, -0.1) is 0 Å². The van der Waals surface area contributed by atoms with Crippen LogP contribution in [0.1, 0.15) is 11.3 Å². The SMILES string of the molecule is N#Cc1cccn1Cc1ccc([N+](=O)[O-])c(F)c1. The largest absolute Gasteiger partial charge is 0.335 e. The number of hydrogen-bond acceptors (Lipinski definition) is 3. The van der Waals surface area contributed by atoms with E-state index >= 15 is 0 Å². The van der Waals surface area contributed by atoms with Gasteiger partial charge in [-0.3, -0.25) is 10.1 Å². The monoisotopic (exact) mass is 245 g/mol. The molecule has 2 aromatic rings. The maximum atomic E-state index is 13.4. The van der Waals surface area contributed by atoms with Crippen molar-refractivity contribution in [3.05, 3.63) is 63.7 Å². The van der Waals surface area contributed by atoms with Crippen LogP contribution in [0, 0.1) is 27.3 Å². The number of nitrogens with zero attached hydrogens (tertiary/aromatic N) is 3. The van der Waals surface area contributed by atoms with Gasteiger partial charge in [0.2, 0.25) is 5.82 Å². The molecule has 0 spiro atoms. The average molecular weight is 245 g/mol. The minimum absolute atomic E-state index is 0.296. The number of hydrogen-bond donors (Lipinski definition) is 0. The van der Waals surface area contributed by atoms with E-state index in [2.05, 4.69) is 0 Å². The highest BCUT2D eigenvalue weighted by molar-refractivity contribution is 5.35. The Morgan fingerprint density at radius 2 is 2.22 bits per heavy atom. The minimum Gasteiger partial charge on any atom is -0.335 e. The van der Waals surface area contributed by atoms with Gasteiger partial charge < -0.3 is 4.57 Å². The van der Waals surface area contributed by atoms with Crippen LogP contribution in [0.25, 0.3) is 0 Å². The normalized spacial score (nSPS) is 10.0. The molecule has 0 fully saturated rings. The van der Waals surface area contributed by atoms with Gasteiger partial charge in [0.15, 0.2) is 0 Å². The fraction of sp³-hybridized carbons (Fsp3) is 0.0833. The molecule has 0 aliphatic rings. The third-order valence-electron chi connectivity index (χ3n) is 2.51. The molecule has 90 valence electrons. The molecule has 1 aromatic carbocycles. The summed E-state index contributed by atoms with van der Waals surface area (Å²) in [4.78, 5) is 9.70. The fourth-order valence-corrected chi connectivity index (χ4v) is 1.65. The van der Waals surface area contributed by atoms with Crippen LogP contribution in [0.5, 0.6) is 0 Å². The second kappa shape index (κ2) is 4.67. The van der Waals surface area contributed by atoms with E-state index in [4.69, 9.17) is 5.26 Å². The summed E-state index contributed by atoms with van der Waals surface area (Å²) in [5.74, 6) is -0.872. The lowest BCUT2D eigenvalue weighted by Gasteiger charge is -2.05. The Morgan fingerprint density at radius 3 is 2.83 bits per heavy atom. The van der Waals surface area contributed by atoms with E-state index < -0.39 is 16.4 Å². The fourth-order valence-electron chi connectivity index (χ4n) is 1.65. The number of rotatable bonds is 3. The highest BCUT2D eigenvalue weighted by Crippen LogP contribution is 2.19. The third-order valence-corrected chi connectivity index (χ3v) is 2.51. The van der Waals surface area contributed by atoms with Crippen LogP contribution in [0.4, 0.5) is 10.1 Å². The van der Waals surface area contributed by atoms with Gasteiger partial charge in [-0.2, -0.15) is 9.65 Å². The number of nitriles is 1. The Balaban J connectivity index is 2.29.